The highest BCUT2D eigenvalue weighted by Gasteiger charge is 2.31. The Hall–Kier alpha value is -1.59. The van der Waals surface area contributed by atoms with Gasteiger partial charge in [0, 0.05) is 46.3 Å². The van der Waals surface area contributed by atoms with Crippen molar-refractivity contribution in [1.82, 2.24) is 14.7 Å². The summed E-state index contributed by atoms with van der Waals surface area (Å²) in [6, 6.07) is 9.01. The zero-order valence-electron chi connectivity index (χ0n) is 13.4. The van der Waals surface area contributed by atoms with Crippen LogP contribution in [0.4, 0.5) is 4.79 Å². The van der Waals surface area contributed by atoms with Crippen molar-refractivity contribution in [1.29, 1.82) is 0 Å². The van der Waals surface area contributed by atoms with E-state index in [9.17, 15) is 9.90 Å². The predicted molar refractivity (Wildman–Crippen MR) is 85.9 cm³/mol. The fourth-order valence-electron chi connectivity index (χ4n) is 3.60. The summed E-state index contributed by atoms with van der Waals surface area (Å²) in [6.45, 7) is 2.58. The van der Waals surface area contributed by atoms with E-state index in [1.165, 1.54) is 11.1 Å². The minimum absolute atomic E-state index is 0.0180. The van der Waals surface area contributed by atoms with Crippen LogP contribution in [-0.2, 0) is 12.8 Å². The first-order valence-corrected chi connectivity index (χ1v) is 7.99. The number of aliphatic hydroxyl groups excluding tert-OH is 1. The second-order valence-electron chi connectivity index (χ2n) is 6.60. The molecule has 1 heterocycles. The third kappa shape index (κ3) is 3.10. The summed E-state index contributed by atoms with van der Waals surface area (Å²) in [6.07, 6.45) is 1.62. The Kier molecular flexibility index (Phi) is 4.36. The molecule has 1 aromatic rings. The van der Waals surface area contributed by atoms with Crippen LogP contribution in [0.3, 0.4) is 0 Å². The van der Waals surface area contributed by atoms with Gasteiger partial charge in [-0.1, -0.05) is 24.3 Å². The first-order chi connectivity index (χ1) is 10.5. The first kappa shape index (κ1) is 15.3. The van der Waals surface area contributed by atoms with E-state index < -0.39 is 6.10 Å². The van der Waals surface area contributed by atoms with Crippen molar-refractivity contribution in [3.05, 3.63) is 35.4 Å². The van der Waals surface area contributed by atoms with Crippen LogP contribution in [0.25, 0.3) is 0 Å². The number of carbonyl (C=O) groups is 1. The molecule has 1 aliphatic carbocycles. The van der Waals surface area contributed by atoms with Crippen molar-refractivity contribution in [3.8, 4) is 0 Å². The molecule has 5 heteroatoms. The molecule has 22 heavy (non-hydrogen) atoms. The Morgan fingerprint density at radius 3 is 2.36 bits per heavy atom. The van der Waals surface area contributed by atoms with Crippen LogP contribution in [-0.4, -0.2) is 78.3 Å². The molecule has 0 saturated carbocycles. The highest BCUT2D eigenvalue weighted by Crippen LogP contribution is 2.26. The molecule has 1 atom stereocenters. The fraction of sp³-hybridized carbons (Fsp3) is 0.588. The number of fused-ring (bicyclic) bond motifs is 1. The Morgan fingerprint density at radius 2 is 1.77 bits per heavy atom. The lowest BCUT2D eigenvalue weighted by Crippen LogP contribution is -2.43. The van der Waals surface area contributed by atoms with Gasteiger partial charge in [-0.2, -0.15) is 0 Å². The zero-order chi connectivity index (χ0) is 15.7. The number of carbonyl (C=O) groups excluding carboxylic acids is 1. The minimum Gasteiger partial charge on any atom is -0.390 e. The number of nitrogens with zero attached hydrogens (tertiary/aromatic N) is 3. The van der Waals surface area contributed by atoms with E-state index >= 15 is 0 Å². The number of β-amino-alcohol motifs (C(OH)–C–C–N with tert-alkyl or cyclic N) is 1. The van der Waals surface area contributed by atoms with Gasteiger partial charge in [0.05, 0.1) is 6.10 Å². The molecule has 2 aliphatic rings. The summed E-state index contributed by atoms with van der Waals surface area (Å²) in [4.78, 5) is 17.8. The summed E-state index contributed by atoms with van der Waals surface area (Å²) in [5.41, 5.74) is 2.85. The highest BCUT2D eigenvalue weighted by molar-refractivity contribution is 5.73. The van der Waals surface area contributed by atoms with Crippen LogP contribution in [0, 0.1) is 0 Å². The van der Waals surface area contributed by atoms with Gasteiger partial charge >= 0.3 is 6.03 Å². The molecule has 1 aromatic carbocycles. The lowest BCUT2D eigenvalue weighted by molar-refractivity contribution is 0.0961. The Bertz CT molecular complexity index is 521. The van der Waals surface area contributed by atoms with Crippen molar-refractivity contribution in [2.24, 2.45) is 0 Å². The smallest absolute Gasteiger partial charge is 0.319 e. The second-order valence-corrected chi connectivity index (χ2v) is 6.60. The van der Waals surface area contributed by atoms with Crippen molar-refractivity contribution < 1.29 is 9.90 Å². The van der Waals surface area contributed by atoms with Gasteiger partial charge < -0.3 is 14.9 Å². The number of rotatable bonds is 1. The van der Waals surface area contributed by atoms with Gasteiger partial charge in [0.15, 0.2) is 0 Å². The molecular weight excluding hydrogens is 278 g/mol. The molecule has 2 amide bonds. The summed E-state index contributed by atoms with van der Waals surface area (Å²) in [5.74, 6) is 0. The highest BCUT2D eigenvalue weighted by atomic mass is 16.3. The monoisotopic (exact) mass is 303 g/mol. The van der Waals surface area contributed by atoms with E-state index in [0.717, 1.165) is 19.4 Å². The van der Waals surface area contributed by atoms with Crippen LogP contribution in [0.5, 0.6) is 0 Å². The van der Waals surface area contributed by atoms with Crippen LogP contribution in [0.1, 0.15) is 11.1 Å². The van der Waals surface area contributed by atoms with E-state index in [1.54, 1.807) is 23.9 Å². The van der Waals surface area contributed by atoms with E-state index in [-0.39, 0.29) is 6.03 Å². The van der Waals surface area contributed by atoms with E-state index in [0.29, 0.717) is 25.7 Å². The number of amides is 2. The zero-order valence-corrected chi connectivity index (χ0v) is 13.4. The molecule has 0 aromatic heterocycles. The van der Waals surface area contributed by atoms with E-state index in [1.807, 2.05) is 0 Å². The van der Waals surface area contributed by atoms with Crippen molar-refractivity contribution >= 4 is 6.03 Å². The maximum absolute atomic E-state index is 12.1. The van der Waals surface area contributed by atoms with Crippen LogP contribution >= 0.6 is 0 Å². The Labute approximate surface area is 132 Å². The van der Waals surface area contributed by atoms with Gasteiger partial charge in [0.2, 0.25) is 0 Å². The summed E-state index contributed by atoms with van der Waals surface area (Å²) in [7, 11) is 3.51. The van der Waals surface area contributed by atoms with Gasteiger partial charge in [0.1, 0.15) is 0 Å². The quantitative estimate of drug-likeness (QED) is 0.835. The van der Waals surface area contributed by atoms with Gasteiger partial charge in [-0.25, -0.2) is 4.79 Å². The number of aliphatic hydroxyl groups is 1. The van der Waals surface area contributed by atoms with Crippen molar-refractivity contribution in [2.45, 2.75) is 25.0 Å². The molecule has 120 valence electrons. The molecule has 5 nitrogen and oxygen atoms in total. The summed E-state index contributed by atoms with van der Waals surface area (Å²) < 4.78 is 0. The SMILES string of the molecule is CN(C)C(=O)N1CCN(C2Cc3ccccc3C2)CC(O)C1. The van der Waals surface area contributed by atoms with E-state index in [2.05, 4.69) is 29.2 Å². The van der Waals surface area contributed by atoms with Gasteiger partial charge in [-0.15, -0.1) is 0 Å². The molecule has 1 unspecified atom stereocenters. The van der Waals surface area contributed by atoms with Gasteiger partial charge in [-0.3, -0.25) is 4.90 Å². The topological polar surface area (TPSA) is 47.0 Å². The molecular formula is C17H25N3O2. The van der Waals surface area contributed by atoms with Crippen molar-refractivity contribution in [3.63, 3.8) is 0 Å². The first-order valence-electron chi connectivity index (χ1n) is 7.99. The second kappa shape index (κ2) is 6.26. The Morgan fingerprint density at radius 1 is 1.14 bits per heavy atom. The molecule has 3 rings (SSSR count). The standard InChI is InChI=1S/C17H25N3O2/c1-18(2)17(22)20-8-7-19(11-16(21)12-20)15-9-13-5-3-4-6-14(13)10-15/h3-6,15-16,21H,7-12H2,1-2H3. The van der Waals surface area contributed by atoms with Crippen LogP contribution in [0.15, 0.2) is 24.3 Å². The molecule has 0 radical (unpaired) electrons. The minimum atomic E-state index is -0.477. The Balaban J connectivity index is 1.66. The normalized spacial score (nSPS) is 23.2. The average Bonchev–Trinajstić information content (AvgIpc) is 2.83. The maximum atomic E-state index is 12.1. The molecule has 1 saturated heterocycles. The number of benzene rings is 1. The van der Waals surface area contributed by atoms with Crippen LogP contribution in [0.2, 0.25) is 0 Å². The predicted octanol–water partition coefficient (Wildman–Crippen LogP) is 0.814. The molecule has 0 bridgehead atoms. The van der Waals surface area contributed by atoms with Gasteiger partial charge in [-0.05, 0) is 24.0 Å². The summed E-state index contributed by atoms with van der Waals surface area (Å²) >= 11 is 0. The lowest BCUT2D eigenvalue weighted by atomic mass is 10.1. The van der Waals surface area contributed by atoms with Crippen molar-refractivity contribution in [2.75, 3.05) is 40.3 Å². The largest absolute Gasteiger partial charge is 0.390 e. The third-order valence-corrected chi connectivity index (χ3v) is 4.73. The lowest BCUT2D eigenvalue weighted by Gasteiger charge is -2.28. The maximum Gasteiger partial charge on any atom is 0.319 e. The molecule has 0 spiro atoms. The molecule has 1 aliphatic heterocycles. The molecule has 1 fully saturated rings. The van der Waals surface area contributed by atoms with E-state index in [4.69, 9.17) is 0 Å². The molecule has 1 N–H and O–H groups in total. The van der Waals surface area contributed by atoms with Crippen LogP contribution < -0.4 is 0 Å². The average molecular weight is 303 g/mol. The summed E-state index contributed by atoms with van der Waals surface area (Å²) in [5, 5.41) is 10.3. The number of urea groups is 1. The fourth-order valence-corrected chi connectivity index (χ4v) is 3.60. The number of hydrogen-bond acceptors (Lipinski definition) is 3. The van der Waals surface area contributed by atoms with Gasteiger partial charge in [0.25, 0.3) is 0 Å². The number of hydrogen-bond donors (Lipinski definition) is 1. The third-order valence-electron chi connectivity index (χ3n) is 4.73.